The van der Waals surface area contributed by atoms with E-state index in [4.69, 9.17) is 0 Å². The second-order valence-corrected chi connectivity index (χ2v) is 4.56. The molecule has 0 saturated heterocycles. The molecule has 0 saturated carbocycles. The molecule has 3 heteroatoms. The lowest BCUT2D eigenvalue weighted by atomic mass is 10.1. The summed E-state index contributed by atoms with van der Waals surface area (Å²) in [4.78, 5) is 13.4. The summed E-state index contributed by atoms with van der Waals surface area (Å²) in [6, 6.07) is 17.2. The summed E-state index contributed by atoms with van der Waals surface area (Å²) in [5, 5.41) is 0. The smallest absolute Gasteiger partial charge is 0.337 e. The highest BCUT2D eigenvalue weighted by atomic mass is 16.5. The third-order valence-electron chi connectivity index (χ3n) is 3.05. The maximum atomic E-state index is 11.3. The van der Waals surface area contributed by atoms with Gasteiger partial charge in [0.2, 0.25) is 0 Å². The van der Waals surface area contributed by atoms with Crippen molar-refractivity contribution in [2.75, 3.05) is 25.6 Å². The molecule has 0 aliphatic carbocycles. The fourth-order valence-electron chi connectivity index (χ4n) is 1.84. The van der Waals surface area contributed by atoms with Gasteiger partial charge in [0.05, 0.1) is 19.2 Å². The summed E-state index contributed by atoms with van der Waals surface area (Å²) in [7, 11) is 3.37. The Morgan fingerprint density at radius 2 is 1.76 bits per heavy atom. The van der Waals surface area contributed by atoms with Crippen molar-refractivity contribution in [3.05, 3.63) is 65.7 Å². The monoisotopic (exact) mass is 279 g/mol. The number of hydrogen-bond donors (Lipinski definition) is 0. The first-order valence-corrected chi connectivity index (χ1v) is 6.64. The lowest BCUT2D eigenvalue weighted by molar-refractivity contribution is 0.0601. The van der Waals surface area contributed by atoms with Crippen LogP contribution in [-0.4, -0.2) is 26.7 Å². The van der Waals surface area contributed by atoms with E-state index in [1.807, 2.05) is 49.5 Å². The molecule has 0 radical (unpaired) electrons. The van der Waals surface area contributed by atoms with E-state index in [9.17, 15) is 4.79 Å². The number of anilines is 1. The van der Waals surface area contributed by atoms with Gasteiger partial charge in [0.15, 0.2) is 0 Å². The van der Waals surface area contributed by atoms with Crippen LogP contribution in [0.5, 0.6) is 0 Å². The van der Waals surface area contributed by atoms with Crippen LogP contribution in [0.4, 0.5) is 5.69 Å². The van der Waals surface area contributed by atoms with Gasteiger partial charge in [-0.25, -0.2) is 4.79 Å². The van der Waals surface area contributed by atoms with Gasteiger partial charge in [-0.3, -0.25) is 0 Å². The van der Waals surface area contributed by atoms with Crippen LogP contribution in [0.2, 0.25) is 0 Å². The molecule has 0 bridgehead atoms. The molecule has 106 valence electrons. The number of carbonyl (C=O) groups is 1. The zero-order valence-corrected chi connectivity index (χ0v) is 12.2. The third kappa shape index (κ3) is 4.12. The summed E-state index contributed by atoms with van der Waals surface area (Å²) < 4.78 is 4.66. The van der Waals surface area contributed by atoms with E-state index in [1.54, 1.807) is 12.1 Å². The molecule has 2 aromatic carbocycles. The number of nitrogens with zero attached hydrogens (tertiary/aromatic N) is 1. The van der Waals surface area contributed by atoms with Crippen LogP contribution >= 0.6 is 0 Å². The highest BCUT2D eigenvalue weighted by Gasteiger charge is 2.03. The summed E-state index contributed by atoms with van der Waals surface area (Å²) in [6.07, 6.45) is 0. The average molecular weight is 279 g/mol. The minimum Gasteiger partial charge on any atom is -0.465 e. The van der Waals surface area contributed by atoms with Gasteiger partial charge in [-0.15, -0.1) is 0 Å². The SMILES string of the molecule is COC(=O)c1ccc(C#CCN(C)c2ccccc2)cc1. The van der Waals surface area contributed by atoms with Crippen LogP contribution < -0.4 is 4.90 Å². The molecule has 0 aliphatic heterocycles. The van der Waals surface area contributed by atoms with Gasteiger partial charge >= 0.3 is 5.97 Å². The Labute approximate surface area is 125 Å². The first-order valence-electron chi connectivity index (χ1n) is 6.64. The second-order valence-electron chi connectivity index (χ2n) is 4.56. The number of rotatable bonds is 3. The predicted octanol–water partition coefficient (Wildman–Crippen LogP) is 2.96. The van der Waals surface area contributed by atoms with Crippen LogP contribution in [0, 0.1) is 11.8 Å². The van der Waals surface area contributed by atoms with Crippen LogP contribution in [0.3, 0.4) is 0 Å². The molecule has 0 aromatic heterocycles. The van der Waals surface area contributed by atoms with E-state index < -0.39 is 0 Å². The van der Waals surface area contributed by atoms with Gasteiger partial charge in [0.1, 0.15) is 0 Å². The number of carbonyl (C=O) groups excluding carboxylic acids is 1. The predicted molar refractivity (Wildman–Crippen MR) is 84.4 cm³/mol. The summed E-state index contributed by atoms with van der Waals surface area (Å²) >= 11 is 0. The standard InChI is InChI=1S/C18H17NO2/c1-19(17-8-4-3-5-9-17)14-6-7-15-10-12-16(13-11-15)18(20)21-2/h3-5,8-13H,14H2,1-2H3. The minimum atomic E-state index is -0.335. The lowest BCUT2D eigenvalue weighted by Crippen LogP contribution is -2.16. The van der Waals surface area contributed by atoms with E-state index in [0.29, 0.717) is 12.1 Å². The molecule has 0 fully saturated rings. The van der Waals surface area contributed by atoms with E-state index in [2.05, 4.69) is 21.5 Å². The molecule has 0 spiro atoms. The van der Waals surface area contributed by atoms with E-state index >= 15 is 0 Å². The van der Waals surface area contributed by atoms with Crippen LogP contribution in [0.15, 0.2) is 54.6 Å². The fraction of sp³-hybridized carbons (Fsp3) is 0.167. The molecular weight excluding hydrogens is 262 g/mol. The Morgan fingerprint density at radius 1 is 1.10 bits per heavy atom. The number of ether oxygens (including phenoxy) is 1. The highest BCUT2D eigenvalue weighted by Crippen LogP contribution is 2.10. The van der Waals surface area contributed by atoms with Crippen molar-refractivity contribution in [2.45, 2.75) is 0 Å². The molecule has 2 rings (SSSR count). The Hall–Kier alpha value is -2.73. The van der Waals surface area contributed by atoms with Gasteiger partial charge in [0, 0.05) is 18.3 Å². The first kappa shape index (κ1) is 14.7. The highest BCUT2D eigenvalue weighted by molar-refractivity contribution is 5.89. The van der Waals surface area contributed by atoms with Gasteiger partial charge in [0.25, 0.3) is 0 Å². The number of hydrogen-bond acceptors (Lipinski definition) is 3. The van der Waals surface area contributed by atoms with Crippen molar-refractivity contribution >= 4 is 11.7 Å². The molecule has 0 atom stereocenters. The first-order chi connectivity index (χ1) is 10.2. The maximum Gasteiger partial charge on any atom is 0.337 e. The third-order valence-corrected chi connectivity index (χ3v) is 3.05. The number of benzene rings is 2. The van der Waals surface area contributed by atoms with Crippen molar-refractivity contribution < 1.29 is 9.53 Å². The van der Waals surface area contributed by atoms with Crippen molar-refractivity contribution in [1.29, 1.82) is 0 Å². The van der Waals surface area contributed by atoms with Crippen molar-refractivity contribution in [3.63, 3.8) is 0 Å². The maximum absolute atomic E-state index is 11.3. The van der Waals surface area contributed by atoms with Crippen LogP contribution in [0.25, 0.3) is 0 Å². The number of para-hydroxylation sites is 1. The van der Waals surface area contributed by atoms with Crippen LogP contribution in [-0.2, 0) is 4.74 Å². The Bertz CT molecular complexity index is 651. The van der Waals surface area contributed by atoms with Crippen molar-refractivity contribution in [2.24, 2.45) is 0 Å². The average Bonchev–Trinajstić information content (AvgIpc) is 2.55. The fourth-order valence-corrected chi connectivity index (χ4v) is 1.84. The number of esters is 1. The summed E-state index contributed by atoms with van der Waals surface area (Å²) in [6.45, 7) is 0.642. The molecule has 0 heterocycles. The van der Waals surface area contributed by atoms with Gasteiger partial charge in [-0.2, -0.15) is 0 Å². The molecule has 0 amide bonds. The Morgan fingerprint density at radius 3 is 2.38 bits per heavy atom. The van der Waals surface area contributed by atoms with E-state index in [1.165, 1.54) is 7.11 Å². The number of methoxy groups -OCH3 is 1. The second kappa shape index (κ2) is 7.16. The Balaban J connectivity index is 1.98. The van der Waals surface area contributed by atoms with Crippen molar-refractivity contribution in [3.8, 4) is 11.8 Å². The lowest BCUT2D eigenvalue weighted by Gasteiger charge is -2.15. The summed E-state index contributed by atoms with van der Waals surface area (Å²) in [5.41, 5.74) is 2.54. The molecule has 0 N–H and O–H groups in total. The van der Waals surface area contributed by atoms with E-state index in [0.717, 1.165) is 11.3 Å². The Kier molecular flexibility index (Phi) is 5.00. The minimum absolute atomic E-state index is 0.335. The zero-order valence-electron chi connectivity index (χ0n) is 12.2. The van der Waals surface area contributed by atoms with Gasteiger partial charge < -0.3 is 9.64 Å². The normalized spacial score (nSPS) is 9.43. The largest absolute Gasteiger partial charge is 0.465 e. The van der Waals surface area contributed by atoms with Gasteiger partial charge in [-0.1, -0.05) is 30.0 Å². The molecule has 2 aromatic rings. The molecular formula is C18H17NO2. The van der Waals surface area contributed by atoms with E-state index in [-0.39, 0.29) is 5.97 Å². The quantitative estimate of drug-likeness (QED) is 0.639. The molecule has 3 nitrogen and oxygen atoms in total. The topological polar surface area (TPSA) is 29.5 Å². The molecule has 21 heavy (non-hydrogen) atoms. The van der Waals surface area contributed by atoms with Crippen molar-refractivity contribution in [1.82, 2.24) is 0 Å². The zero-order chi connectivity index (χ0) is 15.1. The molecule has 0 unspecified atom stereocenters. The summed E-state index contributed by atoms with van der Waals surface area (Å²) in [5.74, 6) is 5.87. The van der Waals surface area contributed by atoms with Crippen LogP contribution in [0.1, 0.15) is 15.9 Å². The molecule has 0 aliphatic rings. The van der Waals surface area contributed by atoms with Gasteiger partial charge in [-0.05, 0) is 36.4 Å².